The van der Waals surface area contributed by atoms with Crippen LogP contribution in [0.25, 0.3) is 0 Å². The number of aromatic hydroxyl groups is 3. The van der Waals surface area contributed by atoms with E-state index in [0.717, 1.165) is 55.7 Å². The monoisotopic (exact) mass is 601 g/mol. The molecule has 0 aromatic heterocycles. The average molecular weight is 602 g/mol. The Balaban J connectivity index is 1.60. The van der Waals surface area contributed by atoms with E-state index in [1.165, 1.54) is 0 Å². The van der Waals surface area contributed by atoms with Gasteiger partial charge in [0, 0.05) is 49.4 Å². The molecular weight excluding hydrogens is 558 g/mol. The lowest BCUT2D eigenvalue weighted by Gasteiger charge is -2.28. The van der Waals surface area contributed by atoms with Crippen molar-refractivity contribution in [2.75, 3.05) is 39.3 Å². The van der Waals surface area contributed by atoms with Crippen molar-refractivity contribution < 1.29 is 29.7 Å². The molecule has 3 aromatic carbocycles. The van der Waals surface area contributed by atoms with Gasteiger partial charge in [-0.3, -0.25) is 29.1 Å². The Bertz CT molecular complexity index is 1430. The number of rotatable bonds is 9. The van der Waals surface area contributed by atoms with Crippen molar-refractivity contribution in [3.63, 3.8) is 0 Å². The molecular formula is C35H43N3O6. The third kappa shape index (κ3) is 8.31. The Labute approximate surface area is 259 Å². The SMILES string of the molecule is Cc1cc(C=O)c(O)c(CN2CCCN(Cc3cc(C)cc(C=O)c3O)CCN(Cc3cc(C)cc(C=O)c3O)CCC2)c1. The van der Waals surface area contributed by atoms with Crippen LogP contribution in [0.3, 0.4) is 0 Å². The Morgan fingerprint density at radius 3 is 1.05 bits per heavy atom. The van der Waals surface area contributed by atoms with Gasteiger partial charge in [-0.05, 0) is 94.7 Å². The van der Waals surface area contributed by atoms with Crippen LogP contribution in [0.2, 0.25) is 0 Å². The van der Waals surface area contributed by atoms with Crippen molar-refractivity contribution in [3.05, 3.63) is 86.5 Å². The summed E-state index contributed by atoms with van der Waals surface area (Å²) in [5.74, 6) is 0.0285. The molecule has 4 rings (SSSR count). The molecule has 9 heteroatoms. The highest BCUT2D eigenvalue weighted by Crippen LogP contribution is 2.28. The van der Waals surface area contributed by atoms with Gasteiger partial charge in [-0.2, -0.15) is 0 Å². The van der Waals surface area contributed by atoms with Gasteiger partial charge in [-0.1, -0.05) is 18.2 Å². The van der Waals surface area contributed by atoms with Gasteiger partial charge in [0.05, 0.1) is 16.7 Å². The highest BCUT2D eigenvalue weighted by atomic mass is 16.3. The van der Waals surface area contributed by atoms with Crippen LogP contribution in [0.4, 0.5) is 0 Å². The summed E-state index contributed by atoms with van der Waals surface area (Å²) in [6.45, 7) is 11.5. The van der Waals surface area contributed by atoms with E-state index in [0.29, 0.717) is 68.3 Å². The van der Waals surface area contributed by atoms with Crippen LogP contribution < -0.4 is 0 Å². The fourth-order valence-corrected chi connectivity index (χ4v) is 6.13. The molecule has 0 atom stereocenters. The molecule has 9 nitrogen and oxygen atoms in total. The van der Waals surface area contributed by atoms with Crippen LogP contribution in [0.15, 0.2) is 36.4 Å². The predicted octanol–water partition coefficient (Wildman–Crippen LogP) is 4.77. The number of carbonyl (C=O) groups is 3. The number of aldehydes is 3. The molecule has 0 saturated carbocycles. The topological polar surface area (TPSA) is 122 Å². The van der Waals surface area contributed by atoms with E-state index in [1.807, 2.05) is 39.0 Å². The summed E-state index contributed by atoms with van der Waals surface area (Å²) in [6, 6.07) is 10.8. The standard InChI is InChI=1S/C35H43N3O6/c1-24-12-27(33(42)30(15-24)21-39)18-36-6-4-8-37(19-28-13-25(2)16-31(22-40)34(28)43)10-11-38(9-5-7-36)20-29-14-26(3)17-32(23-41)35(29)44/h12-17,21-23,42-44H,4-11,18-20H2,1-3H3. The molecule has 1 heterocycles. The molecule has 0 spiro atoms. The van der Waals surface area contributed by atoms with Crippen molar-refractivity contribution in [2.45, 2.75) is 53.2 Å². The molecule has 44 heavy (non-hydrogen) atoms. The number of carbonyl (C=O) groups excluding carboxylic acids is 3. The molecule has 0 amide bonds. The molecule has 234 valence electrons. The van der Waals surface area contributed by atoms with Gasteiger partial charge >= 0.3 is 0 Å². The van der Waals surface area contributed by atoms with Gasteiger partial charge in [0.15, 0.2) is 18.9 Å². The Hall–Kier alpha value is -4.05. The van der Waals surface area contributed by atoms with E-state index < -0.39 is 0 Å². The Morgan fingerprint density at radius 1 is 0.500 bits per heavy atom. The molecule has 3 aromatic rings. The lowest BCUT2D eigenvalue weighted by atomic mass is 10.0. The zero-order valence-electron chi connectivity index (χ0n) is 25.9. The minimum atomic E-state index is 0.00498. The van der Waals surface area contributed by atoms with Gasteiger partial charge < -0.3 is 15.3 Å². The van der Waals surface area contributed by atoms with E-state index in [9.17, 15) is 29.7 Å². The second-order valence-electron chi connectivity index (χ2n) is 12.0. The van der Waals surface area contributed by atoms with E-state index in [-0.39, 0.29) is 33.9 Å². The van der Waals surface area contributed by atoms with Crippen molar-refractivity contribution in [3.8, 4) is 17.2 Å². The molecule has 0 bridgehead atoms. The van der Waals surface area contributed by atoms with E-state index in [4.69, 9.17) is 0 Å². The van der Waals surface area contributed by atoms with Gasteiger partial charge in [-0.25, -0.2) is 0 Å². The minimum Gasteiger partial charge on any atom is -0.507 e. The molecule has 3 N–H and O–H groups in total. The maximum atomic E-state index is 11.6. The summed E-state index contributed by atoms with van der Waals surface area (Å²) in [4.78, 5) is 41.5. The predicted molar refractivity (Wildman–Crippen MR) is 170 cm³/mol. The highest BCUT2D eigenvalue weighted by molar-refractivity contribution is 5.81. The maximum Gasteiger partial charge on any atom is 0.153 e. The number of hydrogen-bond acceptors (Lipinski definition) is 9. The van der Waals surface area contributed by atoms with Crippen molar-refractivity contribution in [2.24, 2.45) is 0 Å². The molecule has 0 unspecified atom stereocenters. The van der Waals surface area contributed by atoms with Crippen LogP contribution >= 0.6 is 0 Å². The highest BCUT2D eigenvalue weighted by Gasteiger charge is 2.20. The lowest BCUT2D eigenvalue weighted by Crippen LogP contribution is -2.36. The first-order chi connectivity index (χ1) is 21.1. The molecule has 0 aliphatic carbocycles. The molecule has 0 radical (unpaired) electrons. The normalized spacial score (nSPS) is 15.9. The summed E-state index contributed by atoms with van der Waals surface area (Å²) in [6.07, 6.45) is 3.71. The van der Waals surface area contributed by atoms with Gasteiger partial charge in [0.25, 0.3) is 0 Å². The largest absolute Gasteiger partial charge is 0.507 e. The number of phenols is 3. The fraction of sp³-hybridized carbons (Fsp3) is 0.400. The van der Waals surface area contributed by atoms with Crippen LogP contribution in [0.5, 0.6) is 17.2 Å². The summed E-state index contributed by atoms with van der Waals surface area (Å²) >= 11 is 0. The summed E-state index contributed by atoms with van der Waals surface area (Å²) in [7, 11) is 0. The van der Waals surface area contributed by atoms with Crippen molar-refractivity contribution in [1.29, 1.82) is 0 Å². The van der Waals surface area contributed by atoms with Crippen LogP contribution in [-0.4, -0.2) is 88.1 Å². The van der Waals surface area contributed by atoms with Crippen LogP contribution in [0.1, 0.15) is 77.3 Å². The third-order valence-corrected chi connectivity index (χ3v) is 8.28. The third-order valence-electron chi connectivity index (χ3n) is 8.28. The van der Waals surface area contributed by atoms with Crippen LogP contribution in [-0.2, 0) is 19.6 Å². The number of aryl methyl sites for hydroxylation is 3. The second-order valence-corrected chi connectivity index (χ2v) is 12.0. The average Bonchev–Trinajstić information content (AvgIpc) is 3.03. The zero-order chi connectivity index (χ0) is 31.8. The molecule has 1 saturated heterocycles. The first-order valence-electron chi connectivity index (χ1n) is 15.1. The summed E-state index contributed by atoms with van der Waals surface area (Å²) in [5.41, 5.74) is 5.67. The van der Waals surface area contributed by atoms with E-state index in [2.05, 4.69) is 14.7 Å². The van der Waals surface area contributed by atoms with E-state index in [1.54, 1.807) is 18.2 Å². The quantitative estimate of drug-likeness (QED) is 0.298. The Morgan fingerprint density at radius 2 is 0.773 bits per heavy atom. The van der Waals surface area contributed by atoms with E-state index >= 15 is 0 Å². The second kappa shape index (κ2) is 15.1. The zero-order valence-corrected chi connectivity index (χ0v) is 25.9. The van der Waals surface area contributed by atoms with Gasteiger partial charge in [-0.15, -0.1) is 0 Å². The van der Waals surface area contributed by atoms with Gasteiger partial charge in [0.2, 0.25) is 0 Å². The number of nitrogens with zero attached hydrogens (tertiary/aromatic N) is 3. The summed E-state index contributed by atoms with van der Waals surface area (Å²) in [5, 5.41) is 32.3. The first-order valence-corrected chi connectivity index (χ1v) is 15.1. The van der Waals surface area contributed by atoms with Crippen molar-refractivity contribution in [1.82, 2.24) is 14.7 Å². The number of benzene rings is 3. The van der Waals surface area contributed by atoms with Gasteiger partial charge in [0.1, 0.15) is 17.2 Å². The van der Waals surface area contributed by atoms with Crippen LogP contribution in [0, 0.1) is 20.8 Å². The van der Waals surface area contributed by atoms with Crippen molar-refractivity contribution >= 4 is 18.9 Å². The summed E-state index contributed by atoms with van der Waals surface area (Å²) < 4.78 is 0. The molecule has 1 aliphatic rings. The Kier molecular flexibility index (Phi) is 11.3. The lowest BCUT2D eigenvalue weighted by molar-refractivity contribution is 0.111. The molecule has 1 aliphatic heterocycles. The minimum absolute atomic E-state index is 0.00498. The smallest absolute Gasteiger partial charge is 0.153 e. The number of hydrogen-bond donors (Lipinski definition) is 3. The first kappa shape index (κ1) is 32.9. The molecule has 1 fully saturated rings. The maximum absolute atomic E-state index is 11.6. The fourth-order valence-electron chi connectivity index (χ4n) is 6.13. The number of phenolic OH excluding ortho intramolecular Hbond substituents is 3.